The van der Waals surface area contributed by atoms with E-state index in [4.69, 9.17) is 31.1 Å². The first-order valence-electron chi connectivity index (χ1n) is 39.1. The number of halogens is 4. The molecule has 9 N–H and O–H groups in total. The van der Waals surface area contributed by atoms with Crippen LogP contribution in [0.2, 0.25) is 0 Å². The molecule has 0 unspecified atom stereocenters. The minimum Gasteiger partial charge on any atom is -0.478 e. The zero-order valence-corrected chi connectivity index (χ0v) is 66.3. The number of nitrogens with one attached hydrogen (secondary N) is 5. The summed E-state index contributed by atoms with van der Waals surface area (Å²) in [6.45, 7) is 7.99. The summed E-state index contributed by atoms with van der Waals surface area (Å²) in [5, 5.41) is 59.4. The topological polar surface area (TPSA) is 373 Å². The van der Waals surface area contributed by atoms with Crippen LogP contribution in [-0.4, -0.2) is 117 Å². The number of fused-ring (bicyclic) bond motifs is 12. The molecule has 26 nitrogen and oxygen atoms in total. The molecule has 0 atom stereocenters. The predicted molar refractivity (Wildman–Crippen MR) is 461 cm³/mol. The number of terminal acetylenes is 1. The Labute approximate surface area is 693 Å². The summed E-state index contributed by atoms with van der Waals surface area (Å²) < 4.78 is 60.5. The van der Waals surface area contributed by atoms with Crippen molar-refractivity contribution in [2.75, 3.05) is 33.2 Å². The van der Waals surface area contributed by atoms with Crippen molar-refractivity contribution < 1.29 is 61.9 Å². The number of alkyl halides is 4. The number of anilines is 9. The summed E-state index contributed by atoms with van der Waals surface area (Å²) in [4.78, 5) is 100. The second-order valence-corrected chi connectivity index (χ2v) is 29.6. The Morgan fingerprint density at radius 3 is 1.25 bits per heavy atom. The SMILES string of the molecule is C#Cc1cccc(Nc2nc3cc(C(=O)O)ccc3c3cnc(CCCC)nc23)c1.CC(F)(F)c1cccc(Nc2nc3cc(C(=O)O)ccc3c3cnc(NC4CC4)nc23)c1.CCOc1ncc2c(n1)c(Nc1cccc(C(C)(F)F)c1)nc1cc(C(=O)O)ccc12.Cc1cccc(Nc2nc3cc(C(=O)O)ccc3c3cnc(CC4CC4)nc23)c1. The largest absolute Gasteiger partial charge is 0.478 e. The molecule has 2 aliphatic rings. The average Bonchev–Trinajstić information content (AvgIpc) is 0.832. The second-order valence-electron chi connectivity index (χ2n) is 29.6. The smallest absolute Gasteiger partial charge is 0.335 e. The van der Waals surface area contributed by atoms with Crippen LogP contribution in [0.5, 0.6) is 6.01 Å². The summed E-state index contributed by atoms with van der Waals surface area (Å²) in [7, 11) is 0. The molecule has 612 valence electrons. The van der Waals surface area contributed by atoms with Gasteiger partial charge in [-0.25, -0.2) is 91.6 Å². The van der Waals surface area contributed by atoms with Crippen molar-refractivity contribution in [3.63, 3.8) is 0 Å². The number of carbonyl (C=O) groups is 4. The molecule has 16 aromatic rings. The van der Waals surface area contributed by atoms with Gasteiger partial charge in [-0.15, -0.1) is 6.42 Å². The van der Waals surface area contributed by atoms with Crippen molar-refractivity contribution in [3.8, 4) is 18.4 Å². The van der Waals surface area contributed by atoms with Gasteiger partial charge in [-0.3, -0.25) is 0 Å². The van der Waals surface area contributed by atoms with Gasteiger partial charge in [0.05, 0.1) is 50.9 Å². The van der Waals surface area contributed by atoms with Crippen LogP contribution in [0.1, 0.15) is 142 Å². The number of unbranched alkanes of at least 4 members (excludes halogenated alkanes) is 1. The molecule has 0 bridgehead atoms. The molecule has 0 saturated heterocycles. The van der Waals surface area contributed by atoms with E-state index in [1.807, 2.05) is 61.7 Å². The van der Waals surface area contributed by atoms with E-state index in [0.717, 1.165) is 114 Å². The highest BCUT2D eigenvalue weighted by Crippen LogP contribution is 2.40. The fourth-order valence-corrected chi connectivity index (χ4v) is 13.6. The molecule has 0 aliphatic heterocycles. The van der Waals surface area contributed by atoms with E-state index in [1.165, 1.54) is 73.5 Å². The van der Waals surface area contributed by atoms with Crippen LogP contribution >= 0.6 is 0 Å². The molecule has 8 heterocycles. The molecule has 2 aliphatic carbocycles. The van der Waals surface area contributed by atoms with E-state index in [-0.39, 0.29) is 45.2 Å². The monoisotopic (exact) mass is 1640 g/mol. The summed E-state index contributed by atoms with van der Waals surface area (Å²) in [5.41, 5.74) is 9.02. The zero-order valence-electron chi connectivity index (χ0n) is 66.3. The molecule has 8 aromatic carbocycles. The van der Waals surface area contributed by atoms with E-state index < -0.39 is 35.7 Å². The Balaban J connectivity index is 0.000000126. The third kappa shape index (κ3) is 19.0. The van der Waals surface area contributed by atoms with Crippen LogP contribution in [0, 0.1) is 25.2 Å². The third-order valence-corrected chi connectivity index (χ3v) is 20.1. The molecular weight excluding hydrogens is 1560 g/mol. The Morgan fingerprint density at radius 1 is 0.451 bits per heavy atom. The molecule has 0 spiro atoms. The number of hydrogen-bond donors (Lipinski definition) is 9. The van der Waals surface area contributed by atoms with E-state index in [2.05, 4.69) is 79.3 Å². The number of aromatic carboxylic acids is 4. The van der Waals surface area contributed by atoms with Gasteiger partial charge >= 0.3 is 29.9 Å². The van der Waals surface area contributed by atoms with Crippen molar-refractivity contribution in [2.24, 2.45) is 5.92 Å². The number of pyridine rings is 4. The molecule has 2 fully saturated rings. The van der Waals surface area contributed by atoms with Gasteiger partial charge in [0.25, 0.3) is 11.8 Å². The first-order valence-corrected chi connectivity index (χ1v) is 39.1. The van der Waals surface area contributed by atoms with Crippen molar-refractivity contribution in [1.82, 2.24) is 59.8 Å². The minimum atomic E-state index is -3.00. The predicted octanol–water partition coefficient (Wildman–Crippen LogP) is 20.3. The number of hydrogen-bond acceptors (Lipinski definition) is 22. The lowest BCUT2D eigenvalue weighted by molar-refractivity contribution is 0.0168. The fraction of sp³-hybridized carbons (Fsp3) is 0.196. The number of ether oxygens (including phenoxy) is 1. The van der Waals surface area contributed by atoms with Crippen LogP contribution in [0.3, 0.4) is 0 Å². The van der Waals surface area contributed by atoms with Crippen molar-refractivity contribution in [2.45, 2.75) is 104 Å². The summed E-state index contributed by atoms with van der Waals surface area (Å²) in [5.74, 6) is -3.02. The molecule has 30 heteroatoms. The highest BCUT2D eigenvalue weighted by atomic mass is 19.3. The number of carboxylic acids is 4. The van der Waals surface area contributed by atoms with E-state index in [9.17, 15) is 57.2 Å². The van der Waals surface area contributed by atoms with Gasteiger partial charge < -0.3 is 51.7 Å². The number of benzene rings is 8. The van der Waals surface area contributed by atoms with Gasteiger partial charge in [-0.05, 0) is 161 Å². The van der Waals surface area contributed by atoms with Crippen LogP contribution in [0.25, 0.3) is 87.2 Å². The standard InChI is InChI=1S/C24H20N4O2.C23H19F2N5O2.C23H20N4O2.C22H18F2N4O3/c1-3-5-9-21-25-14-19-18-11-10-16(24(29)30)13-20(18)27-23(22(19)28-21)26-17-8-6-7-15(4-2)12-17;1-23(24,25)13-3-2-4-15(10-13)27-20-19-17(11-26-22(30-19)28-14-6-7-14)16-8-5-12(21(31)32)9-18(16)29-20;1-13-3-2-4-16(9-13)25-22-21-18(12-24-20(27-21)10-14-5-6-14)17-8-7-15(23(28)29)11-19(17)26-22;1-3-31-21-25-11-16-15-8-7-12(20(29)30)9-17(15)27-19(18(16)28-21)26-14-6-4-5-13(10-14)22(2,23)24/h2,6-8,10-14H,3,5,9H2,1H3,(H,26,27)(H,29,30);2-5,8-11,14H,6-7H2,1H3,(H,27,29)(H,31,32)(H,26,28,30);2-4,7-9,11-12,14H,5-6,10H2,1H3,(H,25,26)(H,28,29);4-11H,3H2,1-2H3,(H,26,27)(H,29,30). The molecule has 0 amide bonds. The van der Waals surface area contributed by atoms with Crippen LogP contribution in [0.15, 0.2) is 195 Å². The van der Waals surface area contributed by atoms with E-state index in [0.29, 0.717) is 114 Å². The lowest BCUT2D eigenvalue weighted by Crippen LogP contribution is -2.08. The van der Waals surface area contributed by atoms with E-state index >= 15 is 0 Å². The van der Waals surface area contributed by atoms with Crippen molar-refractivity contribution in [1.29, 1.82) is 0 Å². The quantitative estimate of drug-likeness (QED) is 0.0163. The fourth-order valence-electron chi connectivity index (χ4n) is 13.6. The Kier molecular flexibility index (Phi) is 23.3. The van der Waals surface area contributed by atoms with E-state index in [1.54, 1.807) is 86.2 Å². The highest BCUT2D eigenvalue weighted by Gasteiger charge is 2.29. The number of rotatable bonds is 23. The normalized spacial score (nSPS) is 12.5. The second kappa shape index (κ2) is 34.7. The molecule has 2 saturated carbocycles. The van der Waals surface area contributed by atoms with Gasteiger partial charge in [0.15, 0.2) is 23.3 Å². The zero-order chi connectivity index (χ0) is 85.7. The van der Waals surface area contributed by atoms with Crippen LogP contribution in [-0.2, 0) is 24.7 Å². The first-order chi connectivity index (χ1) is 58.7. The number of aryl methyl sites for hydroxylation is 2. The maximum atomic E-state index is 13.8. The third-order valence-electron chi connectivity index (χ3n) is 20.1. The average molecular weight is 1640 g/mol. The number of nitrogens with zero attached hydrogens (tertiary/aromatic N) is 12. The number of carboxylic acid groups (broad SMARTS) is 4. The highest BCUT2D eigenvalue weighted by molar-refractivity contribution is 6.14. The van der Waals surface area contributed by atoms with Gasteiger partial charge in [0.1, 0.15) is 33.7 Å². The minimum absolute atomic E-state index is 0.0739. The molecule has 18 rings (SSSR count). The maximum Gasteiger partial charge on any atom is 0.335 e. The van der Waals surface area contributed by atoms with Gasteiger partial charge in [0, 0.05) is 140 Å². The Morgan fingerprint density at radius 2 is 0.844 bits per heavy atom. The van der Waals surface area contributed by atoms with Crippen molar-refractivity contribution >= 4 is 163 Å². The molecule has 8 aromatic heterocycles. The van der Waals surface area contributed by atoms with Crippen molar-refractivity contribution in [3.05, 3.63) is 251 Å². The van der Waals surface area contributed by atoms with Gasteiger partial charge in [-0.1, -0.05) is 86.0 Å². The lowest BCUT2D eigenvalue weighted by atomic mass is 10.1. The Hall–Kier alpha value is -15.3. The lowest BCUT2D eigenvalue weighted by Gasteiger charge is -2.15. The molecule has 0 radical (unpaired) electrons. The molecular formula is C92H77F4N17O9. The summed E-state index contributed by atoms with van der Waals surface area (Å²) >= 11 is 0. The van der Waals surface area contributed by atoms with Gasteiger partial charge in [-0.2, -0.15) is 4.98 Å². The van der Waals surface area contributed by atoms with Crippen LogP contribution < -0.4 is 31.3 Å². The maximum absolute atomic E-state index is 13.8. The van der Waals surface area contributed by atoms with Crippen LogP contribution in [0.4, 0.5) is 69.5 Å². The Bertz CT molecular complexity index is 6880. The first kappa shape index (κ1) is 81.8. The summed E-state index contributed by atoms with van der Waals surface area (Å²) in [6, 6.07) is 46.8. The van der Waals surface area contributed by atoms with Gasteiger partial charge in [0.2, 0.25) is 5.95 Å². The number of aromatic nitrogens is 12. The molecule has 122 heavy (non-hydrogen) atoms. The summed E-state index contributed by atoms with van der Waals surface area (Å²) in [6.07, 6.45) is 20.7.